The number of nitrogens with two attached hydrogens (primary N) is 1. The summed E-state index contributed by atoms with van der Waals surface area (Å²) >= 11 is 0. The molecule has 3 N–H and O–H groups in total. The number of piperidine rings is 1. The Labute approximate surface area is 109 Å². The van der Waals surface area contributed by atoms with Crippen LogP contribution in [0.25, 0.3) is 0 Å². The molecule has 2 atom stereocenters. The van der Waals surface area contributed by atoms with Crippen molar-refractivity contribution in [2.45, 2.75) is 52.1 Å². The Balaban J connectivity index is 2.57. The Bertz CT molecular complexity index is 305. The molecular formula is C13H25N3O2. The van der Waals surface area contributed by atoms with Gasteiger partial charge in [0.25, 0.3) is 0 Å². The maximum absolute atomic E-state index is 12.2. The summed E-state index contributed by atoms with van der Waals surface area (Å²) in [5.74, 6) is 0.0574. The Morgan fingerprint density at radius 1 is 1.44 bits per heavy atom. The second-order valence-electron chi connectivity index (χ2n) is 5.47. The number of nitrogens with zero attached hydrogens (tertiary/aromatic N) is 1. The van der Waals surface area contributed by atoms with E-state index in [0.29, 0.717) is 12.3 Å². The number of carbonyl (C=O) groups is 2. The Kier molecular flexibility index (Phi) is 5.59. The van der Waals surface area contributed by atoms with Crippen LogP contribution in [0.5, 0.6) is 0 Å². The van der Waals surface area contributed by atoms with Gasteiger partial charge >= 0.3 is 0 Å². The highest BCUT2D eigenvalue weighted by Gasteiger charge is 2.27. The van der Waals surface area contributed by atoms with Gasteiger partial charge in [0.05, 0.1) is 6.54 Å². The van der Waals surface area contributed by atoms with Crippen molar-refractivity contribution in [2.75, 3.05) is 13.1 Å². The average molecular weight is 255 g/mol. The van der Waals surface area contributed by atoms with E-state index in [2.05, 4.69) is 12.2 Å². The van der Waals surface area contributed by atoms with E-state index in [0.717, 1.165) is 13.0 Å². The van der Waals surface area contributed by atoms with Gasteiger partial charge in [0.2, 0.25) is 11.8 Å². The first-order valence-corrected chi connectivity index (χ1v) is 6.73. The summed E-state index contributed by atoms with van der Waals surface area (Å²) in [5.41, 5.74) is 5.18. The second-order valence-corrected chi connectivity index (χ2v) is 5.47. The van der Waals surface area contributed by atoms with Gasteiger partial charge in [-0.05, 0) is 39.2 Å². The minimum Gasteiger partial charge on any atom is -0.368 e. The lowest BCUT2D eigenvalue weighted by Gasteiger charge is -2.32. The van der Waals surface area contributed by atoms with Crippen LogP contribution in [0.15, 0.2) is 0 Å². The van der Waals surface area contributed by atoms with Crippen LogP contribution in [-0.4, -0.2) is 41.9 Å². The van der Waals surface area contributed by atoms with E-state index in [1.807, 2.05) is 13.8 Å². The minimum absolute atomic E-state index is 0.00361. The molecule has 2 amide bonds. The van der Waals surface area contributed by atoms with E-state index < -0.39 is 5.91 Å². The average Bonchev–Trinajstić information content (AvgIpc) is 2.28. The molecule has 5 heteroatoms. The summed E-state index contributed by atoms with van der Waals surface area (Å²) in [6, 6.07) is 0.226. The largest absolute Gasteiger partial charge is 0.368 e. The first-order valence-electron chi connectivity index (χ1n) is 6.73. The van der Waals surface area contributed by atoms with Crippen molar-refractivity contribution in [3.63, 3.8) is 0 Å². The monoisotopic (exact) mass is 255 g/mol. The van der Waals surface area contributed by atoms with Crippen molar-refractivity contribution < 1.29 is 9.59 Å². The molecule has 0 aromatic rings. The fourth-order valence-electron chi connectivity index (χ4n) is 2.42. The smallest absolute Gasteiger partial charge is 0.237 e. The van der Waals surface area contributed by atoms with Crippen molar-refractivity contribution in [3.8, 4) is 0 Å². The fraction of sp³-hybridized carbons (Fsp3) is 0.846. The molecule has 0 spiro atoms. The van der Waals surface area contributed by atoms with Gasteiger partial charge < -0.3 is 16.0 Å². The van der Waals surface area contributed by atoms with Gasteiger partial charge in [-0.25, -0.2) is 0 Å². The van der Waals surface area contributed by atoms with Crippen LogP contribution in [-0.2, 0) is 9.59 Å². The highest BCUT2D eigenvalue weighted by atomic mass is 16.2. The predicted octanol–water partition coefficient (Wildman–Crippen LogP) is 0.487. The first-order chi connectivity index (χ1) is 8.41. The Hall–Kier alpha value is -1.10. The molecule has 1 aliphatic rings. The van der Waals surface area contributed by atoms with Gasteiger partial charge in [-0.15, -0.1) is 0 Å². The van der Waals surface area contributed by atoms with Gasteiger partial charge in [0, 0.05) is 18.5 Å². The molecule has 1 saturated heterocycles. The quantitative estimate of drug-likeness (QED) is 0.750. The van der Waals surface area contributed by atoms with E-state index in [1.54, 1.807) is 4.90 Å². The van der Waals surface area contributed by atoms with E-state index in [1.165, 1.54) is 6.42 Å². The molecular weight excluding hydrogens is 230 g/mol. The SMILES string of the molecule is CC1CCCNC1CC(=O)N(CC(N)=O)C(C)C. The van der Waals surface area contributed by atoms with Crippen molar-refractivity contribution >= 4 is 11.8 Å². The summed E-state index contributed by atoms with van der Waals surface area (Å²) in [5, 5.41) is 3.38. The zero-order valence-electron chi connectivity index (χ0n) is 11.6. The standard InChI is InChI=1S/C13H25N3O2/c1-9(2)16(8-12(14)17)13(18)7-11-10(3)5-4-6-15-11/h9-11,15H,4-8H2,1-3H3,(H2,14,17). The summed E-state index contributed by atoms with van der Waals surface area (Å²) in [6.07, 6.45) is 2.77. The topological polar surface area (TPSA) is 75.4 Å². The van der Waals surface area contributed by atoms with Crippen LogP contribution in [0, 0.1) is 5.92 Å². The second kappa shape index (κ2) is 6.73. The molecule has 1 fully saturated rings. The Morgan fingerprint density at radius 3 is 2.61 bits per heavy atom. The van der Waals surface area contributed by atoms with Crippen LogP contribution in [0.2, 0.25) is 0 Å². The highest BCUT2D eigenvalue weighted by Crippen LogP contribution is 2.19. The van der Waals surface area contributed by atoms with E-state index in [-0.39, 0.29) is 24.5 Å². The van der Waals surface area contributed by atoms with Crippen LogP contribution in [0.3, 0.4) is 0 Å². The molecule has 0 bridgehead atoms. The lowest BCUT2D eigenvalue weighted by Crippen LogP contribution is -2.48. The molecule has 0 aromatic carbocycles. The predicted molar refractivity (Wildman–Crippen MR) is 70.8 cm³/mol. The maximum atomic E-state index is 12.2. The maximum Gasteiger partial charge on any atom is 0.237 e. The van der Waals surface area contributed by atoms with Crippen molar-refractivity contribution in [1.82, 2.24) is 10.2 Å². The molecule has 0 aromatic heterocycles. The molecule has 104 valence electrons. The molecule has 1 rings (SSSR count). The lowest BCUT2D eigenvalue weighted by atomic mass is 9.90. The number of amides is 2. The zero-order chi connectivity index (χ0) is 13.7. The number of hydrogen-bond acceptors (Lipinski definition) is 3. The van der Waals surface area contributed by atoms with E-state index in [9.17, 15) is 9.59 Å². The number of nitrogens with one attached hydrogen (secondary N) is 1. The van der Waals surface area contributed by atoms with Gasteiger partial charge in [-0.3, -0.25) is 9.59 Å². The number of rotatable bonds is 5. The number of primary amides is 1. The van der Waals surface area contributed by atoms with Crippen molar-refractivity contribution in [3.05, 3.63) is 0 Å². The molecule has 0 saturated carbocycles. The van der Waals surface area contributed by atoms with Gasteiger partial charge in [0.1, 0.15) is 0 Å². The molecule has 1 aliphatic heterocycles. The molecule has 5 nitrogen and oxygen atoms in total. The van der Waals surface area contributed by atoms with Crippen LogP contribution < -0.4 is 11.1 Å². The Morgan fingerprint density at radius 2 is 2.11 bits per heavy atom. The molecule has 1 heterocycles. The third kappa shape index (κ3) is 4.29. The minimum atomic E-state index is -0.457. The molecule has 2 unspecified atom stereocenters. The van der Waals surface area contributed by atoms with Crippen molar-refractivity contribution in [2.24, 2.45) is 11.7 Å². The third-order valence-corrected chi connectivity index (χ3v) is 3.59. The van der Waals surface area contributed by atoms with Gasteiger partial charge in [-0.2, -0.15) is 0 Å². The molecule has 18 heavy (non-hydrogen) atoms. The van der Waals surface area contributed by atoms with E-state index in [4.69, 9.17) is 5.73 Å². The van der Waals surface area contributed by atoms with E-state index >= 15 is 0 Å². The normalized spacial score (nSPS) is 24.0. The molecule has 0 radical (unpaired) electrons. The zero-order valence-corrected chi connectivity index (χ0v) is 11.6. The highest BCUT2D eigenvalue weighted by molar-refractivity contribution is 5.84. The van der Waals surface area contributed by atoms with Crippen LogP contribution in [0.1, 0.15) is 40.0 Å². The summed E-state index contributed by atoms with van der Waals surface area (Å²) < 4.78 is 0. The van der Waals surface area contributed by atoms with Gasteiger partial charge in [-0.1, -0.05) is 6.92 Å². The van der Waals surface area contributed by atoms with Crippen LogP contribution in [0.4, 0.5) is 0 Å². The van der Waals surface area contributed by atoms with Crippen molar-refractivity contribution in [1.29, 1.82) is 0 Å². The fourth-order valence-corrected chi connectivity index (χ4v) is 2.42. The lowest BCUT2D eigenvalue weighted by molar-refractivity contribution is -0.137. The first kappa shape index (κ1) is 15.0. The van der Waals surface area contributed by atoms with Crippen LogP contribution >= 0.6 is 0 Å². The third-order valence-electron chi connectivity index (χ3n) is 3.59. The summed E-state index contributed by atoms with van der Waals surface area (Å²) in [4.78, 5) is 24.8. The molecule has 0 aliphatic carbocycles. The summed E-state index contributed by atoms with van der Waals surface area (Å²) in [6.45, 7) is 6.95. The summed E-state index contributed by atoms with van der Waals surface area (Å²) in [7, 11) is 0. The van der Waals surface area contributed by atoms with Gasteiger partial charge in [0.15, 0.2) is 0 Å². The number of carbonyl (C=O) groups excluding carboxylic acids is 2. The number of hydrogen-bond donors (Lipinski definition) is 2.